The Labute approximate surface area is 98.5 Å². The van der Waals surface area contributed by atoms with E-state index in [1.807, 2.05) is 0 Å². The number of hydrogen-bond acceptors (Lipinski definition) is 4. The third kappa shape index (κ3) is 2.84. The Morgan fingerprint density at radius 2 is 1.94 bits per heavy atom. The minimum absolute atomic E-state index is 0.466. The van der Waals surface area contributed by atoms with E-state index in [2.05, 4.69) is 0 Å². The first kappa shape index (κ1) is 14.1. The van der Waals surface area contributed by atoms with Crippen molar-refractivity contribution in [2.24, 2.45) is 5.73 Å². The molecule has 0 spiro atoms. The Bertz CT molecular complexity index is 309. The normalized spacial score (nSPS) is 19.8. The van der Waals surface area contributed by atoms with E-state index in [1.54, 1.807) is 20.8 Å². The highest BCUT2D eigenvalue weighted by Gasteiger charge is 2.60. The summed E-state index contributed by atoms with van der Waals surface area (Å²) in [5.74, 6) is -3.40. The lowest BCUT2D eigenvalue weighted by molar-refractivity contribution is -0.229. The summed E-state index contributed by atoms with van der Waals surface area (Å²) in [6.45, 7) is 3.13. The minimum atomic E-state index is -3.40. The number of nitrogens with zero attached hydrogens (tertiary/aromatic N) is 1. The molecule has 0 radical (unpaired) electrons. The van der Waals surface area contributed by atoms with E-state index in [1.165, 1.54) is 0 Å². The fraction of sp³-hybridized carbons (Fsp3) is 0.900. The van der Waals surface area contributed by atoms with E-state index in [-0.39, 0.29) is 0 Å². The van der Waals surface area contributed by atoms with Crippen molar-refractivity contribution >= 4 is 6.09 Å². The lowest BCUT2D eigenvalue weighted by Crippen LogP contribution is -2.73. The van der Waals surface area contributed by atoms with Gasteiger partial charge in [0.25, 0.3) is 5.92 Å². The third-order valence-electron chi connectivity index (χ3n) is 2.49. The molecule has 0 atom stereocenters. The molecular weight excluding hydrogens is 234 g/mol. The van der Waals surface area contributed by atoms with Crippen LogP contribution in [0, 0.1) is 0 Å². The fourth-order valence-corrected chi connectivity index (χ4v) is 1.46. The van der Waals surface area contributed by atoms with Crippen LogP contribution in [0.15, 0.2) is 0 Å². The summed E-state index contributed by atoms with van der Waals surface area (Å²) in [4.78, 5) is 12.5. The summed E-state index contributed by atoms with van der Waals surface area (Å²) in [6, 6.07) is 0. The van der Waals surface area contributed by atoms with Gasteiger partial charge in [0.2, 0.25) is 0 Å². The van der Waals surface area contributed by atoms with Crippen molar-refractivity contribution < 1.29 is 23.4 Å². The van der Waals surface area contributed by atoms with Gasteiger partial charge in [-0.05, 0) is 20.8 Å². The number of β-amino-alcohol motifs (C(OH)–C–C–N with tert-alkyl or cyclic N) is 1. The Hall–Kier alpha value is -0.950. The van der Waals surface area contributed by atoms with E-state index in [0.717, 1.165) is 4.90 Å². The molecular formula is C10H18F2N2O3. The van der Waals surface area contributed by atoms with Gasteiger partial charge < -0.3 is 20.5 Å². The van der Waals surface area contributed by atoms with Crippen LogP contribution in [-0.2, 0) is 4.74 Å². The summed E-state index contributed by atoms with van der Waals surface area (Å²) >= 11 is 0. The average molecular weight is 252 g/mol. The maximum atomic E-state index is 13.2. The molecule has 0 aliphatic carbocycles. The highest BCUT2D eigenvalue weighted by Crippen LogP contribution is 2.36. The molecule has 1 rings (SSSR count). The van der Waals surface area contributed by atoms with Crippen LogP contribution in [0.2, 0.25) is 0 Å². The van der Waals surface area contributed by atoms with Crippen LogP contribution in [0.1, 0.15) is 20.8 Å². The van der Waals surface area contributed by atoms with Crippen molar-refractivity contribution in [2.75, 3.05) is 19.6 Å². The number of carbonyl (C=O) groups excluding carboxylic acids is 1. The highest BCUT2D eigenvalue weighted by molar-refractivity contribution is 5.69. The molecule has 1 aliphatic rings. The summed E-state index contributed by atoms with van der Waals surface area (Å²) in [6.07, 6.45) is -0.713. The van der Waals surface area contributed by atoms with Gasteiger partial charge in [-0.3, -0.25) is 0 Å². The van der Waals surface area contributed by atoms with Crippen LogP contribution in [-0.4, -0.2) is 52.9 Å². The zero-order valence-electron chi connectivity index (χ0n) is 10.2. The van der Waals surface area contributed by atoms with Crippen LogP contribution in [0.25, 0.3) is 0 Å². The molecule has 0 aromatic rings. The number of ether oxygens (including phenoxy) is 1. The van der Waals surface area contributed by atoms with Crippen molar-refractivity contribution in [3.05, 3.63) is 0 Å². The van der Waals surface area contributed by atoms with Gasteiger partial charge in [0.05, 0.1) is 19.6 Å². The second-order valence-corrected chi connectivity index (χ2v) is 5.28. The van der Waals surface area contributed by atoms with Gasteiger partial charge in [0, 0.05) is 0 Å². The molecule has 1 fully saturated rings. The zero-order chi connectivity index (χ0) is 13.5. The lowest BCUT2D eigenvalue weighted by atomic mass is 9.87. The Balaban J connectivity index is 2.54. The SMILES string of the molecule is CC(C)(C)OC(=O)N1CC(O)(C(F)(F)CN)C1. The minimum Gasteiger partial charge on any atom is -0.444 e. The molecule has 7 heteroatoms. The number of aliphatic hydroxyl groups is 1. The molecule has 5 nitrogen and oxygen atoms in total. The van der Waals surface area contributed by atoms with E-state index < -0.39 is 42.9 Å². The molecule has 0 unspecified atom stereocenters. The maximum absolute atomic E-state index is 13.2. The standard InChI is InChI=1S/C10H18F2N2O3/c1-8(2,3)17-7(15)14-5-9(16,6-14)10(11,12)4-13/h16H,4-6,13H2,1-3H3. The Kier molecular flexibility index (Phi) is 3.37. The van der Waals surface area contributed by atoms with Gasteiger partial charge in [-0.25, -0.2) is 13.6 Å². The quantitative estimate of drug-likeness (QED) is 0.753. The average Bonchev–Trinajstić information content (AvgIpc) is 2.09. The number of halogens is 2. The molecule has 1 heterocycles. The second-order valence-electron chi connectivity index (χ2n) is 5.28. The Morgan fingerprint density at radius 3 is 2.29 bits per heavy atom. The molecule has 0 aromatic heterocycles. The summed E-state index contributed by atoms with van der Waals surface area (Å²) in [5.41, 5.74) is 1.95. The molecule has 3 N–H and O–H groups in total. The number of amides is 1. The molecule has 0 saturated carbocycles. The molecule has 1 saturated heterocycles. The number of likely N-dealkylation sites (tertiary alicyclic amines) is 1. The van der Waals surface area contributed by atoms with E-state index >= 15 is 0 Å². The maximum Gasteiger partial charge on any atom is 0.410 e. The van der Waals surface area contributed by atoms with Crippen molar-refractivity contribution in [3.8, 4) is 0 Å². The topological polar surface area (TPSA) is 75.8 Å². The second kappa shape index (κ2) is 4.06. The van der Waals surface area contributed by atoms with Crippen molar-refractivity contribution in [1.82, 2.24) is 4.90 Å². The number of nitrogens with two attached hydrogens (primary N) is 1. The molecule has 1 amide bonds. The smallest absolute Gasteiger partial charge is 0.410 e. The molecule has 100 valence electrons. The number of hydrogen-bond donors (Lipinski definition) is 2. The largest absolute Gasteiger partial charge is 0.444 e. The molecule has 0 aromatic carbocycles. The van der Waals surface area contributed by atoms with E-state index in [9.17, 15) is 18.7 Å². The first-order valence-electron chi connectivity index (χ1n) is 5.29. The fourth-order valence-electron chi connectivity index (χ4n) is 1.46. The molecule has 0 bridgehead atoms. The predicted octanol–water partition coefficient (Wildman–Crippen LogP) is 0.562. The van der Waals surface area contributed by atoms with Crippen LogP contribution in [0.5, 0.6) is 0 Å². The van der Waals surface area contributed by atoms with Crippen molar-refractivity contribution in [3.63, 3.8) is 0 Å². The van der Waals surface area contributed by atoms with Crippen LogP contribution in [0.4, 0.5) is 13.6 Å². The van der Waals surface area contributed by atoms with Crippen LogP contribution in [0.3, 0.4) is 0 Å². The van der Waals surface area contributed by atoms with Gasteiger partial charge in [0.15, 0.2) is 5.60 Å². The number of carbonyl (C=O) groups is 1. The van der Waals surface area contributed by atoms with E-state index in [4.69, 9.17) is 10.5 Å². The van der Waals surface area contributed by atoms with Gasteiger partial charge in [-0.1, -0.05) is 0 Å². The van der Waals surface area contributed by atoms with E-state index in [0.29, 0.717) is 0 Å². The van der Waals surface area contributed by atoms with Gasteiger partial charge in [-0.15, -0.1) is 0 Å². The van der Waals surface area contributed by atoms with Gasteiger partial charge >= 0.3 is 6.09 Å². The predicted molar refractivity (Wildman–Crippen MR) is 56.8 cm³/mol. The van der Waals surface area contributed by atoms with Gasteiger partial charge in [0.1, 0.15) is 5.60 Å². The number of alkyl halides is 2. The monoisotopic (exact) mass is 252 g/mol. The van der Waals surface area contributed by atoms with Crippen LogP contribution < -0.4 is 5.73 Å². The molecule has 1 aliphatic heterocycles. The lowest BCUT2D eigenvalue weighted by Gasteiger charge is -2.49. The summed E-state index contributed by atoms with van der Waals surface area (Å²) < 4.78 is 31.4. The van der Waals surface area contributed by atoms with Crippen molar-refractivity contribution in [2.45, 2.75) is 37.9 Å². The third-order valence-corrected chi connectivity index (χ3v) is 2.49. The number of rotatable bonds is 2. The first-order chi connectivity index (χ1) is 7.51. The Morgan fingerprint density at radius 1 is 1.47 bits per heavy atom. The van der Waals surface area contributed by atoms with Gasteiger partial charge in [-0.2, -0.15) is 0 Å². The first-order valence-corrected chi connectivity index (χ1v) is 5.29. The zero-order valence-corrected chi connectivity index (χ0v) is 10.2. The van der Waals surface area contributed by atoms with Crippen molar-refractivity contribution in [1.29, 1.82) is 0 Å². The van der Waals surface area contributed by atoms with Crippen LogP contribution >= 0.6 is 0 Å². The molecule has 17 heavy (non-hydrogen) atoms. The summed E-state index contributed by atoms with van der Waals surface area (Å²) in [7, 11) is 0. The summed E-state index contributed by atoms with van der Waals surface area (Å²) in [5, 5.41) is 9.58. The highest BCUT2D eigenvalue weighted by atomic mass is 19.3.